The first-order valence-corrected chi connectivity index (χ1v) is 6.26. The van der Waals surface area contributed by atoms with E-state index in [-0.39, 0.29) is 24.8 Å². The molecule has 1 aromatic rings. The van der Waals surface area contributed by atoms with Crippen molar-refractivity contribution >= 4 is 41.2 Å². The first-order chi connectivity index (χ1) is 9.02. The monoisotopic (exact) mass is 301 g/mol. The van der Waals surface area contributed by atoms with Gasteiger partial charge >= 0.3 is 5.97 Å². The molecule has 0 saturated heterocycles. The molecular formula is C13H13Cl2NO3. The van der Waals surface area contributed by atoms with Crippen LogP contribution in [-0.2, 0) is 14.3 Å². The molecule has 0 aliphatic heterocycles. The molecule has 19 heavy (non-hydrogen) atoms. The maximum Gasteiger partial charge on any atom is 0.307 e. The zero-order chi connectivity index (χ0) is 14.3. The lowest BCUT2D eigenvalue weighted by Gasteiger charge is -2.01. The quantitative estimate of drug-likeness (QED) is 0.672. The molecule has 0 unspecified atom stereocenters. The van der Waals surface area contributed by atoms with Gasteiger partial charge in [0, 0.05) is 22.7 Å². The minimum Gasteiger partial charge on any atom is -0.469 e. The van der Waals surface area contributed by atoms with Crippen molar-refractivity contribution in [3.63, 3.8) is 0 Å². The molecule has 102 valence electrons. The summed E-state index contributed by atoms with van der Waals surface area (Å²) < 4.78 is 4.45. The lowest BCUT2D eigenvalue weighted by molar-refractivity contribution is -0.140. The van der Waals surface area contributed by atoms with Crippen molar-refractivity contribution in [1.29, 1.82) is 0 Å². The summed E-state index contributed by atoms with van der Waals surface area (Å²) in [4.78, 5) is 22.3. The van der Waals surface area contributed by atoms with Crippen LogP contribution in [0.3, 0.4) is 0 Å². The van der Waals surface area contributed by atoms with Crippen LogP contribution >= 0.6 is 23.2 Å². The van der Waals surface area contributed by atoms with Crippen molar-refractivity contribution in [3.8, 4) is 0 Å². The standard InChI is InChI=1S/C13H13Cl2NO3/c1-19-13(18)6-7-16-12(17)5-2-9-8-10(14)3-4-11(9)15/h2-5,8H,6-7H2,1H3,(H,16,17). The maximum absolute atomic E-state index is 11.5. The van der Waals surface area contributed by atoms with Gasteiger partial charge in [0.25, 0.3) is 0 Å². The third-order valence-corrected chi connectivity index (χ3v) is 2.81. The van der Waals surface area contributed by atoms with Crippen LogP contribution in [0.1, 0.15) is 12.0 Å². The molecule has 0 saturated carbocycles. The number of benzene rings is 1. The van der Waals surface area contributed by atoms with E-state index in [2.05, 4.69) is 10.1 Å². The van der Waals surface area contributed by atoms with Crippen molar-refractivity contribution in [3.05, 3.63) is 39.9 Å². The number of carbonyl (C=O) groups excluding carboxylic acids is 2. The molecule has 0 aliphatic carbocycles. The first-order valence-electron chi connectivity index (χ1n) is 5.50. The van der Waals surface area contributed by atoms with E-state index in [1.54, 1.807) is 24.3 Å². The van der Waals surface area contributed by atoms with Gasteiger partial charge in [-0.2, -0.15) is 0 Å². The summed E-state index contributed by atoms with van der Waals surface area (Å²) in [6.07, 6.45) is 3.02. The fourth-order valence-corrected chi connectivity index (χ4v) is 1.62. The smallest absolute Gasteiger partial charge is 0.307 e. The fourth-order valence-electron chi connectivity index (χ4n) is 1.26. The Kier molecular flexibility index (Phi) is 6.39. The normalized spacial score (nSPS) is 10.5. The van der Waals surface area contributed by atoms with E-state index in [1.807, 2.05) is 0 Å². The Bertz CT molecular complexity index is 501. The molecule has 0 spiro atoms. The van der Waals surface area contributed by atoms with E-state index in [1.165, 1.54) is 13.2 Å². The van der Waals surface area contributed by atoms with Crippen molar-refractivity contribution in [2.75, 3.05) is 13.7 Å². The minimum absolute atomic E-state index is 0.133. The van der Waals surface area contributed by atoms with Gasteiger partial charge in [0.1, 0.15) is 0 Å². The van der Waals surface area contributed by atoms with Gasteiger partial charge in [-0.3, -0.25) is 9.59 Å². The maximum atomic E-state index is 11.5. The number of halogens is 2. The first kappa shape index (κ1) is 15.5. The third-order valence-electron chi connectivity index (χ3n) is 2.23. The lowest BCUT2D eigenvalue weighted by Crippen LogP contribution is -2.24. The predicted octanol–water partition coefficient (Wildman–Crippen LogP) is 2.69. The van der Waals surface area contributed by atoms with Crippen LogP contribution in [0.5, 0.6) is 0 Å². The van der Waals surface area contributed by atoms with Crippen molar-refractivity contribution in [2.24, 2.45) is 0 Å². The number of carbonyl (C=O) groups is 2. The second-order valence-electron chi connectivity index (χ2n) is 3.62. The van der Waals surface area contributed by atoms with Gasteiger partial charge < -0.3 is 10.1 Å². The largest absolute Gasteiger partial charge is 0.469 e. The van der Waals surface area contributed by atoms with Gasteiger partial charge in [-0.15, -0.1) is 0 Å². The van der Waals surface area contributed by atoms with Crippen LogP contribution < -0.4 is 5.32 Å². The summed E-state index contributed by atoms with van der Waals surface area (Å²) in [6, 6.07) is 4.97. The second-order valence-corrected chi connectivity index (χ2v) is 4.46. The third kappa shape index (κ3) is 5.77. The van der Waals surface area contributed by atoms with E-state index in [0.29, 0.717) is 15.6 Å². The highest BCUT2D eigenvalue weighted by Crippen LogP contribution is 2.21. The Labute approximate surface area is 121 Å². The summed E-state index contributed by atoms with van der Waals surface area (Å²) in [5.41, 5.74) is 0.650. The van der Waals surface area contributed by atoms with Gasteiger partial charge in [-0.05, 0) is 29.8 Å². The number of nitrogens with one attached hydrogen (secondary N) is 1. The van der Waals surface area contributed by atoms with Crippen LogP contribution in [0.2, 0.25) is 10.0 Å². The van der Waals surface area contributed by atoms with Crippen molar-refractivity contribution < 1.29 is 14.3 Å². The van der Waals surface area contributed by atoms with Gasteiger partial charge in [-0.25, -0.2) is 0 Å². The molecule has 1 aromatic carbocycles. The molecule has 0 bridgehead atoms. The van der Waals surface area contributed by atoms with E-state index >= 15 is 0 Å². The minimum atomic E-state index is -0.373. The molecule has 4 nitrogen and oxygen atoms in total. The molecule has 1 N–H and O–H groups in total. The van der Waals surface area contributed by atoms with Crippen molar-refractivity contribution in [2.45, 2.75) is 6.42 Å². The topological polar surface area (TPSA) is 55.4 Å². The molecular weight excluding hydrogens is 289 g/mol. The fraction of sp³-hybridized carbons (Fsp3) is 0.231. The number of ether oxygens (including phenoxy) is 1. The molecule has 1 rings (SSSR count). The van der Waals surface area contributed by atoms with Gasteiger partial charge in [0.05, 0.1) is 13.5 Å². The average molecular weight is 302 g/mol. The van der Waals surface area contributed by atoms with Gasteiger partial charge in [-0.1, -0.05) is 23.2 Å². The summed E-state index contributed by atoms with van der Waals surface area (Å²) >= 11 is 11.8. The molecule has 0 fully saturated rings. The number of hydrogen-bond acceptors (Lipinski definition) is 3. The number of esters is 1. The summed E-state index contributed by atoms with van der Waals surface area (Å²) in [5, 5.41) is 3.59. The van der Waals surface area contributed by atoms with Crippen LogP contribution in [-0.4, -0.2) is 25.5 Å². The van der Waals surface area contributed by atoms with Crippen molar-refractivity contribution in [1.82, 2.24) is 5.32 Å². The van der Waals surface area contributed by atoms with Crippen LogP contribution in [0.15, 0.2) is 24.3 Å². The number of rotatable bonds is 5. The molecule has 0 atom stereocenters. The molecule has 0 heterocycles. The second kappa shape index (κ2) is 7.81. The summed E-state index contributed by atoms with van der Waals surface area (Å²) in [7, 11) is 1.30. The van der Waals surface area contributed by atoms with E-state index in [0.717, 1.165) is 0 Å². The molecule has 0 aliphatic rings. The Morgan fingerprint density at radius 2 is 2.11 bits per heavy atom. The summed E-state index contributed by atoms with van der Waals surface area (Å²) in [5.74, 6) is -0.692. The number of hydrogen-bond donors (Lipinski definition) is 1. The zero-order valence-corrected chi connectivity index (χ0v) is 11.8. The zero-order valence-electron chi connectivity index (χ0n) is 10.3. The Morgan fingerprint density at radius 3 is 2.79 bits per heavy atom. The Hall–Kier alpha value is -1.52. The predicted molar refractivity (Wildman–Crippen MR) is 75.1 cm³/mol. The van der Waals surface area contributed by atoms with Crippen LogP contribution in [0.4, 0.5) is 0 Å². The average Bonchev–Trinajstić information content (AvgIpc) is 2.39. The summed E-state index contributed by atoms with van der Waals surface area (Å²) in [6.45, 7) is 0.221. The molecule has 6 heteroatoms. The highest BCUT2D eigenvalue weighted by atomic mass is 35.5. The number of amides is 1. The van der Waals surface area contributed by atoms with Gasteiger partial charge in [0.2, 0.25) is 5.91 Å². The van der Waals surface area contributed by atoms with Crippen LogP contribution in [0, 0.1) is 0 Å². The highest BCUT2D eigenvalue weighted by Gasteiger charge is 2.02. The highest BCUT2D eigenvalue weighted by molar-refractivity contribution is 6.34. The van der Waals surface area contributed by atoms with Crippen LogP contribution in [0.25, 0.3) is 6.08 Å². The number of methoxy groups -OCH3 is 1. The van der Waals surface area contributed by atoms with E-state index < -0.39 is 0 Å². The lowest BCUT2D eigenvalue weighted by atomic mass is 10.2. The van der Waals surface area contributed by atoms with Gasteiger partial charge in [0.15, 0.2) is 0 Å². The van der Waals surface area contributed by atoms with E-state index in [9.17, 15) is 9.59 Å². The molecule has 1 amide bonds. The van der Waals surface area contributed by atoms with E-state index in [4.69, 9.17) is 23.2 Å². The Balaban J connectivity index is 2.49. The SMILES string of the molecule is COC(=O)CCNC(=O)C=Cc1cc(Cl)ccc1Cl. The molecule has 0 aromatic heterocycles. The molecule has 0 radical (unpaired) electrons. The Morgan fingerprint density at radius 1 is 1.37 bits per heavy atom.